The molecule has 4 heteroatoms. The van der Waals surface area contributed by atoms with Gasteiger partial charge in [-0.3, -0.25) is 0 Å². The van der Waals surface area contributed by atoms with Crippen LogP contribution in [0.5, 0.6) is 0 Å². The number of aliphatic hydroxyl groups excluding tert-OH is 1. The molecule has 0 aliphatic heterocycles. The van der Waals surface area contributed by atoms with Crippen LogP contribution in [-0.2, 0) is 0 Å². The minimum Gasteiger partial charge on any atom is -0.507 e. The molecule has 0 bridgehead atoms. The van der Waals surface area contributed by atoms with Crippen LogP contribution >= 0.6 is 39.1 Å². The van der Waals surface area contributed by atoms with Crippen LogP contribution in [0.25, 0.3) is 0 Å². The van der Waals surface area contributed by atoms with Gasteiger partial charge < -0.3 is 5.11 Å². The standard InChI is InChI=1S/C6H5BrCl2O/c1-4(10)5(7)2-3-6(8)9/h2-3,10H,1H2. The summed E-state index contributed by atoms with van der Waals surface area (Å²) in [5.74, 6) is -0.0640. The molecule has 0 unspecified atom stereocenters. The number of aliphatic hydroxyl groups is 1. The number of rotatable bonds is 2. The summed E-state index contributed by atoms with van der Waals surface area (Å²) in [4.78, 5) is 0. The number of allylic oxidation sites excluding steroid dienone is 3. The van der Waals surface area contributed by atoms with E-state index >= 15 is 0 Å². The van der Waals surface area contributed by atoms with Gasteiger partial charge in [0.2, 0.25) is 0 Å². The van der Waals surface area contributed by atoms with E-state index in [9.17, 15) is 0 Å². The monoisotopic (exact) mass is 242 g/mol. The van der Waals surface area contributed by atoms with Crippen LogP contribution in [0.2, 0.25) is 0 Å². The molecule has 0 saturated carbocycles. The van der Waals surface area contributed by atoms with E-state index in [1.165, 1.54) is 12.2 Å². The molecule has 0 rings (SSSR count). The maximum absolute atomic E-state index is 8.71. The summed E-state index contributed by atoms with van der Waals surface area (Å²) in [5, 5.41) is 8.71. The normalized spacial score (nSPS) is 10.9. The van der Waals surface area contributed by atoms with Gasteiger partial charge in [0.15, 0.2) is 0 Å². The summed E-state index contributed by atoms with van der Waals surface area (Å²) in [6.07, 6.45) is 2.92. The molecule has 0 radical (unpaired) electrons. The Bertz CT molecular complexity index is 192. The van der Waals surface area contributed by atoms with Crippen molar-refractivity contribution >= 4 is 39.1 Å². The van der Waals surface area contributed by atoms with Crippen LogP contribution in [0.1, 0.15) is 0 Å². The molecule has 1 nitrogen and oxygen atoms in total. The lowest BCUT2D eigenvalue weighted by Gasteiger charge is -1.90. The quantitative estimate of drug-likeness (QED) is 0.580. The Morgan fingerprint density at radius 3 is 2.20 bits per heavy atom. The van der Waals surface area contributed by atoms with Gasteiger partial charge in [-0.05, 0) is 28.1 Å². The highest BCUT2D eigenvalue weighted by molar-refractivity contribution is 9.11. The van der Waals surface area contributed by atoms with Gasteiger partial charge in [0.05, 0.1) is 4.48 Å². The summed E-state index contributed by atoms with van der Waals surface area (Å²) in [6, 6.07) is 0. The maximum atomic E-state index is 8.71. The second-order valence-corrected chi connectivity index (χ2v) is 3.28. The van der Waals surface area contributed by atoms with Crippen molar-refractivity contribution in [3.63, 3.8) is 0 Å². The smallest absolute Gasteiger partial charge is 0.122 e. The van der Waals surface area contributed by atoms with E-state index in [1.807, 2.05) is 0 Å². The zero-order chi connectivity index (χ0) is 8.15. The van der Waals surface area contributed by atoms with E-state index < -0.39 is 0 Å². The lowest BCUT2D eigenvalue weighted by molar-refractivity contribution is 0.433. The molecule has 0 aromatic heterocycles. The van der Waals surface area contributed by atoms with Crippen LogP contribution in [0, 0.1) is 0 Å². The van der Waals surface area contributed by atoms with E-state index in [0.717, 1.165) is 0 Å². The van der Waals surface area contributed by atoms with E-state index in [0.29, 0.717) is 4.48 Å². The zero-order valence-corrected chi connectivity index (χ0v) is 8.04. The van der Waals surface area contributed by atoms with Crippen LogP contribution in [0.3, 0.4) is 0 Å². The van der Waals surface area contributed by atoms with Crippen LogP contribution in [-0.4, -0.2) is 5.11 Å². The van der Waals surface area contributed by atoms with Gasteiger partial charge in [-0.25, -0.2) is 0 Å². The second-order valence-electron chi connectivity index (χ2n) is 1.42. The number of halogens is 3. The third-order valence-corrected chi connectivity index (χ3v) is 1.61. The van der Waals surface area contributed by atoms with Crippen molar-refractivity contribution < 1.29 is 5.11 Å². The maximum Gasteiger partial charge on any atom is 0.122 e. The third-order valence-electron chi connectivity index (χ3n) is 0.631. The highest BCUT2D eigenvalue weighted by atomic mass is 79.9. The lowest BCUT2D eigenvalue weighted by Crippen LogP contribution is -1.73. The molecule has 0 aliphatic rings. The van der Waals surface area contributed by atoms with Gasteiger partial charge in [0.25, 0.3) is 0 Å². The molecule has 0 fully saturated rings. The van der Waals surface area contributed by atoms with Crippen molar-refractivity contribution in [2.24, 2.45) is 0 Å². The van der Waals surface area contributed by atoms with E-state index in [1.54, 1.807) is 0 Å². The van der Waals surface area contributed by atoms with Gasteiger partial charge >= 0.3 is 0 Å². The molecule has 0 aromatic rings. The second kappa shape index (κ2) is 4.83. The molecule has 0 aromatic carbocycles. The largest absolute Gasteiger partial charge is 0.507 e. The molecule has 0 aliphatic carbocycles. The zero-order valence-electron chi connectivity index (χ0n) is 4.94. The van der Waals surface area contributed by atoms with Crippen LogP contribution in [0.4, 0.5) is 0 Å². The van der Waals surface area contributed by atoms with Crippen molar-refractivity contribution in [1.82, 2.24) is 0 Å². The van der Waals surface area contributed by atoms with Crippen molar-refractivity contribution in [3.8, 4) is 0 Å². The molecule has 0 spiro atoms. The SMILES string of the molecule is C=C(O)C(Br)=CC=C(Cl)Cl. The Hall–Kier alpha value is 0.0800. The Balaban J connectivity index is 4.19. The van der Waals surface area contributed by atoms with E-state index in [2.05, 4.69) is 22.5 Å². The molecule has 0 amide bonds. The highest BCUT2D eigenvalue weighted by Gasteiger charge is 1.91. The predicted octanol–water partition coefficient (Wildman–Crippen LogP) is 3.66. The molecular weight excluding hydrogens is 239 g/mol. The first kappa shape index (κ1) is 10.1. The average Bonchev–Trinajstić information content (AvgIpc) is 1.82. The summed E-state index contributed by atoms with van der Waals surface area (Å²) < 4.78 is 0.574. The molecule has 0 saturated heterocycles. The summed E-state index contributed by atoms with van der Waals surface area (Å²) in [7, 11) is 0. The molecular formula is C6H5BrCl2O. The summed E-state index contributed by atoms with van der Waals surface area (Å²) >= 11 is 13.6. The van der Waals surface area contributed by atoms with E-state index in [4.69, 9.17) is 28.3 Å². The number of hydrogen-bond donors (Lipinski definition) is 1. The minimum atomic E-state index is -0.0640. The third kappa shape index (κ3) is 4.91. The summed E-state index contributed by atoms with van der Waals surface area (Å²) in [6.45, 7) is 3.26. The van der Waals surface area contributed by atoms with Gasteiger partial charge in [-0.1, -0.05) is 29.8 Å². The van der Waals surface area contributed by atoms with Crippen molar-refractivity contribution in [1.29, 1.82) is 0 Å². The first-order chi connectivity index (χ1) is 4.54. The van der Waals surface area contributed by atoms with Crippen LogP contribution < -0.4 is 0 Å². The Kier molecular flexibility index (Phi) is 4.87. The lowest BCUT2D eigenvalue weighted by atomic mass is 10.4. The fourth-order valence-corrected chi connectivity index (χ4v) is 0.491. The Morgan fingerprint density at radius 2 is 1.90 bits per heavy atom. The Labute approximate surface area is 77.8 Å². The molecule has 0 atom stereocenters. The van der Waals surface area contributed by atoms with Crippen molar-refractivity contribution in [2.75, 3.05) is 0 Å². The molecule has 1 N–H and O–H groups in total. The topological polar surface area (TPSA) is 20.2 Å². The van der Waals surface area contributed by atoms with Crippen molar-refractivity contribution in [3.05, 3.63) is 33.5 Å². The first-order valence-corrected chi connectivity index (χ1v) is 3.85. The average molecular weight is 244 g/mol. The van der Waals surface area contributed by atoms with Crippen molar-refractivity contribution in [2.45, 2.75) is 0 Å². The van der Waals surface area contributed by atoms with Gasteiger partial charge in [0.1, 0.15) is 10.3 Å². The van der Waals surface area contributed by atoms with Gasteiger partial charge in [-0.15, -0.1) is 0 Å². The minimum absolute atomic E-state index is 0.0640. The molecule has 10 heavy (non-hydrogen) atoms. The highest BCUT2D eigenvalue weighted by Crippen LogP contribution is 2.14. The number of hydrogen-bond acceptors (Lipinski definition) is 1. The van der Waals surface area contributed by atoms with E-state index in [-0.39, 0.29) is 10.3 Å². The first-order valence-electron chi connectivity index (χ1n) is 2.30. The van der Waals surface area contributed by atoms with Crippen LogP contribution in [0.15, 0.2) is 33.5 Å². The summed E-state index contributed by atoms with van der Waals surface area (Å²) in [5.41, 5.74) is 0. The Morgan fingerprint density at radius 1 is 1.40 bits per heavy atom. The van der Waals surface area contributed by atoms with Gasteiger partial charge in [0, 0.05) is 0 Å². The predicted molar refractivity (Wildman–Crippen MR) is 48.6 cm³/mol. The fraction of sp³-hybridized carbons (Fsp3) is 0. The molecule has 56 valence electrons. The molecule has 0 heterocycles. The van der Waals surface area contributed by atoms with Gasteiger partial charge in [-0.2, -0.15) is 0 Å². The fourth-order valence-electron chi connectivity index (χ4n) is 0.232.